The Morgan fingerprint density at radius 1 is 0.979 bits per heavy atom. The maximum atomic E-state index is 14.0. The molecular weight excluding hydrogens is 714 g/mol. The van der Waals surface area contributed by atoms with Crippen molar-refractivity contribution in [2.24, 2.45) is 5.92 Å². The molecule has 2 aliphatic rings. The van der Waals surface area contributed by atoms with Gasteiger partial charge in [-0.15, -0.1) is 0 Å². The highest BCUT2D eigenvalue weighted by Gasteiger charge is 2.57. The van der Waals surface area contributed by atoms with E-state index in [1.807, 2.05) is 0 Å². The van der Waals surface area contributed by atoms with Gasteiger partial charge in [0.2, 0.25) is 17.7 Å². The van der Waals surface area contributed by atoms with E-state index in [0.717, 1.165) is 46.2 Å². The fourth-order valence-corrected chi connectivity index (χ4v) is 8.86. The van der Waals surface area contributed by atoms with Gasteiger partial charge in [-0.2, -0.15) is 13.2 Å². The van der Waals surface area contributed by atoms with E-state index in [9.17, 15) is 37.1 Å². The molecule has 3 heterocycles. The van der Waals surface area contributed by atoms with E-state index in [2.05, 4.69) is 5.32 Å². The van der Waals surface area contributed by atoms with Crippen molar-refractivity contribution in [3.63, 3.8) is 0 Å². The highest BCUT2D eigenvalue weighted by Crippen LogP contribution is 2.55. The van der Waals surface area contributed by atoms with Gasteiger partial charge in [-0.1, -0.05) is 64.5 Å². The van der Waals surface area contributed by atoms with Crippen LogP contribution in [0.4, 0.5) is 24.5 Å². The number of imide groups is 1. The SMILES string of the molecule is CCOC(=O)c1ccc(NC(=O)Cn2c3c(sc2=O)[C@H](c2cccc(Cl)c2Cl)C2C(=O)N(c4cccc(C(F)(F)F)c4)C(=O)C2S3)cc1. The minimum atomic E-state index is -4.72. The third kappa shape index (κ3) is 6.13. The van der Waals surface area contributed by atoms with Gasteiger partial charge >= 0.3 is 17.0 Å². The Labute approximate surface area is 288 Å². The standard InChI is InChI=1S/C32H22Cl2F3N3O6S2/c1-2-46-30(44)15-9-11-17(12-10-15)38-21(41)14-39-29-26(48-31(39)45)22(19-7-4-8-20(33)24(19)34)23-25(47-29)28(43)40(27(23)42)18-6-3-5-16(13-18)32(35,36)37/h3-13,22-23,25H,2,14H2,1H3,(H,38,41)/t22-,23?,25?/m1/s1. The van der Waals surface area contributed by atoms with Crippen LogP contribution < -0.4 is 15.1 Å². The number of amides is 3. The van der Waals surface area contributed by atoms with Crippen molar-refractivity contribution >= 4 is 81.4 Å². The number of hydrogen-bond donors (Lipinski definition) is 1. The number of ether oxygens (including phenoxy) is 1. The van der Waals surface area contributed by atoms with Crippen LogP contribution in [-0.4, -0.2) is 40.1 Å². The number of fused-ring (bicyclic) bond motifs is 2. The fraction of sp³-hybridized carbons (Fsp3) is 0.219. The molecule has 6 rings (SSSR count). The Balaban J connectivity index is 1.37. The number of hydrogen-bond acceptors (Lipinski definition) is 8. The first-order valence-electron chi connectivity index (χ1n) is 14.3. The number of esters is 1. The number of nitrogens with one attached hydrogen (secondary N) is 1. The lowest BCUT2D eigenvalue weighted by Crippen LogP contribution is -2.33. The molecule has 4 aromatic rings. The first-order chi connectivity index (χ1) is 22.8. The number of carbonyl (C=O) groups is 4. The predicted molar refractivity (Wildman–Crippen MR) is 175 cm³/mol. The third-order valence-corrected chi connectivity index (χ3v) is 11.2. The average molecular weight is 737 g/mol. The van der Waals surface area contributed by atoms with Gasteiger partial charge < -0.3 is 10.1 Å². The van der Waals surface area contributed by atoms with E-state index in [1.165, 1.54) is 41.0 Å². The Morgan fingerprint density at radius 2 is 1.69 bits per heavy atom. The molecule has 1 fully saturated rings. The van der Waals surface area contributed by atoms with Crippen LogP contribution in [0.15, 0.2) is 76.6 Å². The summed E-state index contributed by atoms with van der Waals surface area (Å²) in [6.45, 7) is 1.41. The molecule has 2 unspecified atom stereocenters. The number of anilines is 2. The van der Waals surface area contributed by atoms with Crippen LogP contribution in [0.2, 0.25) is 10.0 Å². The predicted octanol–water partition coefficient (Wildman–Crippen LogP) is 6.85. The molecule has 1 saturated heterocycles. The topological polar surface area (TPSA) is 115 Å². The van der Waals surface area contributed by atoms with Gasteiger partial charge in [0, 0.05) is 16.5 Å². The van der Waals surface area contributed by atoms with E-state index in [-0.39, 0.29) is 32.9 Å². The van der Waals surface area contributed by atoms with Crippen LogP contribution in [0.3, 0.4) is 0 Å². The van der Waals surface area contributed by atoms with Crippen LogP contribution in [0.5, 0.6) is 0 Å². The summed E-state index contributed by atoms with van der Waals surface area (Å²) in [5, 5.41) is 1.97. The fourth-order valence-electron chi connectivity index (χ4n) is 5.68. The Hall–Kier alpha value is -4.11. The average Bonchev–Trinajstić information content (AvgIpc) is 3.48. The molecule has 0 aliphatic carbocycles. The zero-order valence-corrected chi connectivity index (χ0v) is 27.7. The number of thioether (sulfide) groups is 1. The number of rotatable bonds is 7. The second-order valence-electron chi connectivity index (χ2n) is 10.7. The molecule has 248 valence electrons. The van der Waals surface area contributed by atoms with E-state index in [0.29, 0.717) is 16.1 Å². The van der Waals surface area contributed by atoms with Gasteiger partial charge in [0.25, 0.3) is 0 Å². The molecule has 3 amide bonds. The number of halogens is 5. The van der Waals surface area contributed by atoms with E-state index < -0.39 is 63.9 Å². The summed E-state index contributed by atoms with van der Waals surface area (Å²) >= 11 is 14.6. The number of alkyl halides is 3. The number of benzene rings is 3. The molecule has 1 N–H and O–H groups in total. The smallest absolute Gasteiger partial charge is 0.416 e. The van der Waals surface area contributed by atoms with E-state index in [1.54, 1.807) is 19.1 Å². The number of nitrogens with zero attached hydrogens (tertiary/aromatic N) is 2. The molecule has 0 bridgehead atoms. The van der Waals surface area contributed by atoms with Gasteiger partial charge in [-0.3, -0.25) is 23.7 Å². The van der Waals surface area contributed by atoms with Crippen LogP contribution in [0.25, 0.3) is 0 Å². The lowest BCUT2D eigenvalue weighted by atomic mass is 9.83. The zero-order valence-electron chi connectivity index (χ0n) is 24.5. The molecule has 0 saturated carbocycles. The van der Waals surface area contributed by atoms with Gasteiger partial charge in [-0.05, 0) is 61.0 Å². The quantitative estimate of drug-likeness (QED) is 0.163. The van der Waals surface area contributed by atoms with Crippen LogP contribution in [0.1, 0.15) is 39.2 Å². The largest absolute Gasteiger partial charge is 0.462 e. The molecule has 3 atom stereocenters. The van der Waals surface area contributed by atoms with Gasteiger partial charge in [-0.25, -0.2) is 9.69 Å². The monoisotopic (exact) mass is 735 g/mol. The van der Waals surface area contributed by atoms with Crippen molar-refractivity contribution < 1.29 is 37.1 Å². The summed E-state index contributed by atoms with van der Waals surface area (Å²) in [6, 6.07) is 14.6. The molecule has 1 aromatic heterocycles. The lowest BCUT2D eigenvalue weighted by Gasteiger charge is -2.31. The highest BCUT2D eigenvalue weighted by molar-refractivity contribution is 8.00. The first-order valence-corrected chi connectivity index (χ1v) is 16.7. The Bertz CT molecular complexity index is 2030. The maximum Gasteiger partial charge on any atom is 0.416 e. The molecular formula is C32H22Cl2F3N3O6S2. The summed E-state index contributed by atoms with van der Waals surface area (Å²) < 4.78 is 46.8. The van der Waals surface area contributed by atoms with Crippen molar-refractivity contribution in [1.29, 1.82) is 0 Å². The van der Waals surface area contributed by atoms with E-state index in [4.69, 9.17) is 27.9 Å². The molecule has 9 nitrogen and oxygen atoms in total. The van der Waals surface area contributed by atoms with Crippen molar-refractivity contribution in [3.8, 4) is 0 Å². The van der Waals surface area contributed by atoms with Gasteiger partial charge in [0.1, 0.15) is 11.8 Å². The summed E-state index contributed by atoms with van der Waals surface area (Å²) in [7, 11) is 0. The lowest BCUT2D eigenvalue weighted by molar-refractivity contribution is -0.137. The molecule has 16 heteroatoms. The van der Waals surface area contributed by atoms with Crippen LogP contribution in [-0.2, 0) is 31.8 Å². The summed E-state index contributed by atoms with van der Waals surface area (Å²) in [4.78, 5) is 67.0. The second kappa shape index (κ2) is 13.1. The van der Waals surface area contributed by atoms with E-state index >= 15 is 0 Å². The molecule has 0 spiro atoms. The zero-order chi connectivity index (χ0) is 34.5. The summed E-state index contributed by atoms with van der Waals surface area (Å²) in [5.74, 6) is -4.80. The van der Waals surface area contributed by atoms with Crippen LogP contribution in [0, 0.1) is 5.92 Å². The molecule has 48 heavy (non-hydrogen) atoms. The minimum absolute atomic E-state index is 0.0786. The Morgan fingerprint density at radius 3 is 2.38 bits per heavy atom. The Kier molecular flexibility index (Phi) is 9.20. The normalized spacial score (nSPS) is 18.8. The summed E-state index contributed by atoms with van der Waals surface area (Å²) in [6.07, 6.45) is -4.72. The van der Waals surface area contributed by atoms with Crippen molar-refractivity contribution in [2.45, 2.75) is 35.8 Å². The molecule has 0 radical (unpaired) electrons. The number of aromatic nitrogens is 1. The highest BCUT2D eigenvalue weighted by atomic mass is 35.5. The summed E-state index contributed by atoms with van der Waals surface area (Å²) in [5.41, 5.74) is -0.321. The first kappa shape index (κ1) is 33.8. The van der Waals surface area contributed by atoms with Crippen molar-refractivity contribution in [3.05, 3.63) is 108 Å². The van der Waals surface area contributed by atoms with Crippen molar-refractivity contribution in [2.75, 3.05) is 16.8 Å². The molecule has 2 aliphatic heterocycles. The third-order valence-electron chi connectivity index (χ3n) is 7.78. The minimum Gasteiger partial charge on any atom is -0.462 e. The van der Waals surface area contributed by atoms with Gasteiger partial charge in [0.15, 0.2) is 0 Å². The van der Waals surface area contributed by atoms with Crippen molar-refractivity contribution in [1.82, 2.24) is 4.57 Å². The maximum absolute atomic E-state index is 14.0. The molecule has 3 aromatic carbocycles. The second-order valence-corrected chi connectivity index (χ2v) is 13.6. The van der Waals surface area contributed by atoms with Gasteiger partial charge in [0.05, 0.1) is 44.4 Å². The van der Waals surface area contributed by atoms with Crippen LogP contribution >= 0.6 is 46.3 Å². The number of carbonyl (C=O) groups excluding carboxylic acids is 4. The number of thiazole rings is 1.